The minimum atomic E-state index is -3.13. The fourth-order valence-corrected chi connectivity index (χ4v) is 3.44. The average molecular weight is 299 g/mol. The lowest BCUT2D eigenvalue weighted by atomic mass is 10.2. The van der Waals surface area contributed by atoms with E-state index in [0.717, 1.165) is 11.3 Å². The van der Waals surface area contributed by atoms with Crippen LogP contribution in [-0.2, 0) is 16.6 Å². The van der Waals surface area contributed by atoms with Gasteiger partial charge in [0.1, 0.15) is 0 Å². The van der Waals surface area contributed by atoms with Gasteiger partial charge in [-0.2, -0.15) is 16.4 Å². The predicted molar refractivity (Wildman–Crippen MR) is 77.6 cm³/mol. The molecule has 2 heterocycles. The molecule has 0 spiro atoms. The fraction of sp³-hybridized carbons (Fsp3) is 0.417. The highest BCUT2D eigenvalue weighted by molar-refractivity contribution is 7.89. The zero-order valence-electron chi connectivity index (χ0n) is 10.7. The first-order chi connectivity index (χ1) is 9.11. The molecule has 1 N–H and O–H groups in total. The zero-order chi connectivity index (χ0) is 13.7. The second kappa shape index (κ2) is 6.31. The third-order valence-corrected chi connectivity index (χ3v) is 4.87. The Morgan fingerprint density at radius 3 is 2.95 bits per heavy atom. The summed E-state index contributed by atoms with van der Waals surface area (Å²) in [5, 5.41) is 8.45. The number of hydrogen-bond donors (Lipinski definition) is 1. The van der Waals surface area contributed by atoms with E-state index in [1.807, 2.05) is 36.0 Å². The van der Waals surface area contributed by atoms with Gasteiger partial charge in [-0.05, 0) is 23.9 Å². The van der Waals surface area contributed by atoms with Gasteiger partial charge in [-0.1, -0.05) is 6.92 Å². The van der Waals surface area contributed by atoms with Crippen molar-refractivity contribution in [2.45, 2.75) is 19.9 Å². The first-order valence-corrected chi connectivity index (χ1v) is 8.73. The zero-order valence-corrected chi connectivity index (χ0v) is 12.4. The van der Waals surface area contributed by atoms with Crippen LogP contribution in [0.4, 0.5) is 0 Å². The smallest absolute Gasteiger partial charge is 0.211 e. The lowest BCUT2D eigenvalue weighted by Gasteiger charge is -2.05. The quantitative estimate of drug-likeness (QED) is 0.850. The molecule has 0 atom stereocenters. The molecule has 0 saturated heterocycles. The molecule has 0 aliphatic carbocycles. The Labute approximate surface area is 117 Å². The van der Waals surface area contributed by atoms with Crippen LogP contribution in [0.3, 0.4) is 0 Å². The topological polar surface area (TPSA) is 64.0 Å². The average Bonchev–Trinajstić information content (AvgIpc) is 2.98. The summed E-state index contributed by atoms with van der Waals surface area (Å²) in [6, 6.07) is 3.95. The van der Waals surface area contributed by atoms with Gasteiger partial charge < -0.3 is 0 Å². The second-order valence-corrected chi connectivity index (χ2v) is 6.90. The van der Waals surface area contributed by atoms with Crippen molar-refractivity contribution in [1.82, 2.24) is 14.5 Å². The van der Waals surface area contributed by atoms with Crippen LogP contribution in [0, 0.1) is 0 Å². The molecule has 5 nitrogen and oxygen atoms in total. The van der Waals surface area contributed by atoms with Crippen LogP contribution in [-0.4, -0.2) is 30.5 Å². The van der Waals surface area contributed by atoms with E-state index in [1.165, 1.54) is 0 Å². The molecule has 2 aromatic rings. The summed E-state index contributed by atoms with van der Waals surface area (Å²) in [5.74, 6) is 0.173. The van der Waals surface area contributed by atoms with E-state index in [0.29, 0.717) is 19.5 Å². The molecule has 2 rings (SSSR count). The summed E-state index contributed by atoms with van der Waals surface area (Å²) in [4.78, 5) is 0. The lowest BCUT2D eigenvalue weighted by molar-refractivity contribution is 0.560. The normalized spacial score (nSPS) is 11.8. The van der Waals surface area contributed by atoms with Gasteiger partial charge in [0.05, 0.1) is 18.0 Å². The summed E-state index contributed by atoms with van der Waals surface area (Å²) >= 11 is 1.63. The highest BCUT2D eigenvalue weighted by atomic mass is 32.2. The maximum absolute atomic E-state index is 11.5. The molecule has 0 aliphatic heterocycles. The Kier molecular flexibility index (Phi) is 4.73. The van der Waals surface area contributed by atoms with E-state index in [-0.39, 0.29) is 5.75 Å². The second-order valence-electron chi connectivity index (χ2n) is 4.19. The van der Waals surface area contributed by atoms with E-state index in [4.69, 9.17) is 0 Å². The van der Waals surface area contributed by atoms with Gasteiger partial charge in [-0.3, -0.25) is 4.68 Å². The molecule has 0 aromatic carbocycles. The van der Waals surface area contributed by atoms with Crippen molar-refractivity contribution < 1.29 is 8.42 Å². The van der Waals surface area contributed by atoms with Crippen LogP contribution < -0.4 is 4.72 Å². The van der Waals surface area contributed by atoms with Crippen LogP contribution in [0.25, 0.3) is 11.3 Å². The van der Waals surface area contributed by atoms with Gasteiger partial charge in [0.15, 0.2) is 0 Å². The Hall–Kier alpha value is -1.18. The van der Waals surface area contributed by atoms with E-state index in [1.54, 1.807) is 16.0 Å². The molecular weight excluding hydrogens is 282 g/mol. The number of rotatable bonds is 7. The molecule has 0 bridgehead atoms. The van der Waals surface area contributed by atoms with Crippen molar-refractivity contribution in [2.24, 2.45) is 0 Å². The number of sulfonamides is 1. The molecular formula is C12H17N3O2S2. The maximum atomic E-state index is 11.5. The summed E-state index contributed by atoms with van der Waals surface area (Å²) in [5.41, 5.74) is 2.01. The fourth-order valence-electron chi connectivity index (χ4n) is 1.71. The van der Waals surface area contributed by atoms with Crippen LogP contribution in [0.1, 0.15) is 13.3 Å². The number of aromatic nitrogens is 2. The van der Waals surface area contributed by atoms with E-state index in [9.17, 15) is 8.42 Å². The van der Waals surface area contributed by atoms with Crippen molar-refractivity contribution in [3.05, 3.63) is 29.1 Å². The van der Waals surface area contributed by atoms with Crippen LogP contribution in [0.2, 0.25) is 0 Å². The maximum Gasteiger partial charge on any atom is 0.211 e. The molecule has 19 heavy (non-hydrogen) atoms. The molecule has 0 radical (unpaired) electrons. The molecule has 2 aromatic heterocycles. The van der Waals surface area contributed by atoms with Crippen molar-refractivity contribution in [3.8, 4) is 11.3 Å². The highest BCUT2D eigenvalue weighted by Gasteiger charge is 2.08. The van der Waals surface area contributed by atoms with Gasteiger partial charge in [-0.15, -0.1) is 0 Å². The van der Waals surface area contributed by atoms with Crippen LogP contribution in [0.15, 0.2) is 29.1 Å². The predicted octanol–water partition coefficient (Wildman–Crippen LogP) is 1.94. The molecule has 7 heteroatoms. The molecule has 0 fully saturated rings. The number of thiophene rings is 1. The monoisotopic (exact) mass is 299 g/mol. The number of hydrogen-bond acceptors (Lipinski definition) is 4. The first-order valence-electron chi connectivity index (χ1n) is 6.14. The lowest BCUT2D eigenvalue weighted by Crippen LogP contribution is -2.29. The molecule has 0 saturated carbocycles. The van der Waals surface area contributed by atoms with E-state index in [2.05, 4.69) is 9.82 Å². The Bertz CT molecular complexity index is 603. The molecule has 104 valence electrons. The van der Waals surface area contributed by atoms with Gasteiger partial charge in [0, 0.05) is 23.7 Å². The SMILES string of the molecule is CCCS(=O)(=O)NCCn1ccc(-c2ccsc2)n1. The number of nitrogens with zero attached hydrogens (tertiary/aromatic N) is 2. The van der Waals surface area contributed by atoms with Crippen molar-refractivity contribution >= 4 is 21.4 Å². The van der Waals surface area contributed by atoms with Gasteiger partial charge in [0.2, 0.25) is 10.0 Å². The van der Waals surface area contributed by atoms with E-state index >= 15 is 0 Å². The third-order valence-electron chi connectivity index (χ3n) is 2.59. The van der Waals surface area contributed by atoms with Crippen molar-refractivity contribution in [2.75, 3.05) is 12.3 Å². The Morgan fingerprint density at radius 2 is 2.26 bits per heavy atom. The highest BCUT2D eigenvalue weighted by Crippen LogP contribution is 2.19. The van der Waals surface area contributed by atoms with Crippen LogP contribution >= 0.6 is 11.3 Å². The standard InChI is InChI=1S/C12H17N3O2S2/c1-2-9-19(16,17)13-5-7-15-6-3-12(14-15)11-4-8-18-10-11/h3-4,6,8,10,13H,2,5,7,9H2,1H3. The van der Waals surface area contributed by atoms with Crippen molar-refractivity contribution in [3.63, 3.8) is 0 Å². The van der Waals surface area contributed by atoms with Gasteiger partial charge >= 0.3 is 0 Å². The summed E-state index contributed by atoms with van der Waals surface area (Å²) in [6.45, 7) is 2.75. The minimum absolute atomic E-state index is 0.173. The first kappa shape index (κ1) is 14.2. The Morgan fingerprint density at radius 1 is 1.42 bits per heavy atom. The Balaban J connectivity index is 1.88. The number of nitrogens with one attached hydrogen (secondary N) is 1. The molecule has 0 aliphatic rings. The third kappa shape index (κ3) is 4.15. The minimum Gasteiger partial charge on any atom is -0.271 e. The van der Waals surface area contributed by atoms with Crippen LogP contribution in [0.5, 0.6) is 0 Å². The molecule has 0 unspecified atom stereocenters. The summed E-state index contributed by atoms with van der Waals surface area (Å²) in [6.07, 6.45) is 2.49. The summed E-state index contributed by atoms with van der Waals surface area (Å²) < 4.78 is 27.3. The van der Waals surface area contributed by atoms with Crippen molar-refractivity contribution in [1.29, 1.82) is 0 Å². The van der Waals surface area contributed by atoms with E-state index < -0.39 is 10.0 Å². The largest absolute Gasteiger partial charge is 0.271 e. The van der Waals surface area contributed by atoms with Gasteiger partial charge in [0.25, 0.3) is 0 Å². The van der Waals surface area contributed by atoms with Gasteiger partial charge in [-0.25, -0.2) is 13.1 Å². The molecule has 0 amide bonds. The summed E-state index contributed by atoms with van der Waals surface area (Å²) in [7, 11) is -3.13.